The summed E-state index contributed by atoms with van der Waals surface area (Å²) in [7, 11) is 0. The van der Waals surface area contributed by atoms with Crippen molar-refractivity contribution in [2.75, 3.05) is 0 Å². The predicted molar refractivity (Wildman–Crippen MR) is 82.0 cm³/mol. The van der Waals surface area contributed by atoms with Crippen molar-refractivity contribution in [3.05, 3.63) is 68.1 Å². The van der Waals surface area contributed by atoms with Crippen molar-refractivity contribution in [3.63, 3.8) is 0 Å². The van der Waals surface area contributed by atoms with Gasteiger partial charge in [-0.15, -0.1) is 0 Å². The molecule has 0 bridgehead atoms. The third-order valence-electron chi connectivity index (χ3n) is 2.90. The lowest BCUT2D eigenvalue weighted by molar-refractivity contribution is 0.538. The normalized spacial score (nSPS) is 12.4. The molecule has 0 aromatic heterocycles. The minimum absolute atomic E-state index is 0.261. The quantitative estimate of drug-likeness (QED) is 0.589. The van der Waals surface area contributed by atoms with Crippen molar-refractivity contribution in [3.8, 4) is 0 Å². The van der Waals surface area contributed by atoms with Crippen LogP contribution in [0.5, 0.6) is 0 Å². The van der Waals surface area contributed by atoms with Crippen molar-refractivity contribution in [1.29, 1.82) is 0 Å². The Morgan fingerprint density at radius 2 is 1.70 bits per heavy atom. The van der Waals surface area contributed by atoms with E-state index in [0.717, 1.165) is 20.6 Å². The maximum absolute atomic E-state index is 13.2. The number of hydrogen-bond donors (Lipinski definition) is 2. The second-order valence-electron chi connectivity index (χ2n) is 4.37. The molecule has 6 heteroatoms. The molecule has 1 unspecified atom stereocenters. The first-order chi connectivity index (χ1) is 9.49. The first kappa shape index (κ1) is 15.6. The number of nitrogens with two attached hydrogens (primary N) is 1. The number of nitrogens with one attached hydrogen (secondary N) is 1. The van der Waals surface area contributed by atoms with Crippen LogP contribution in [0.25, 0.3) is 0 Å². The maximum Gasteiger partial charge on any atom is 0.126 e. The van der Waals surface area contributed by atoms with E-state index < -0.39 is 11.6 Å². The molecule has 2 aromatic carbocycles. The molecule has 0 saturated carbocycles. The smallest absolute Gasteiger partial charge is 0.126 e. The van der Waals surface area contributed by atoms with Gasteiger partial charge in [0.25, 0.3) is 0 Å². The monoisotopic (exact) mass is 404 g/mol. The van der Waals surface area contributed by atoms with E-state index in [9.17, 15) is 8.78 Å². The topological polar surface area (TPSA) is 38.0 Å². The van der Waals surface area contributed by atoms with Crippen molar-refractivity contribution in [1.82, 2.24) is 5.43 Å². The van der Waals surface area contributed by atoms with Gasteiger partial charge in [-0.05, 0) is 47.9 Å². The summed E-state index contributed by atoms with van der Waals surface area (Å²) in [5.41, 5.74) is 4.13. The highest BCUT2D eigenvalue weighted by molar-refractivity contribution is 9.11. The van der Waals surface area contributed by atoms with Gasteiger partial charge in [-0.25, -0.2) is 8.78 Å². The fourth-order valence-corrected chi connectivity index (χ4v) is 2.91. The van der Waals surface area contributed by atoms with Crippen LogP contribution in [0.1, 0.15) is 17.2 Å². The van der Waals surface area contributed by atoms with Crippen LogP contribution in [0.3, 0.4) is 0 Å². The van der Waals surface area contributed by atoms with E-state index in [0.29, 0.717) is 12.0 Å². The van der Waals surface area contributed by atoms with Crippen molar-refractivity contribution < 1.29 is 8.78 Å². The lowest BCUT2D eigenvalue weighted by Gasteiger charge is -2.18. The van der Waals surface area contributed by atoms with E-state index in [1.165, 1.54) is 12.1 Å². The summed E-state index contributed by atoms with van der Waals surface area (Å²) in [5.74, 6) is 4.39. The summed E-state index contributed by atoms with van der Waals surface area (Å²) in [4.78, 5) is 0. The molecule has 106 valence electrons. The lowest BCUT2D eigenvalue weighted by atomic mass is 9.99. The first-order valence-corrected chi connectivity index (χ1v) is 7.44. The SMILES string of the molecule is NNC(Cc1cc(F)cc(F)c1)c1cc(Br)ccc1Br. The summed E-state index contributed by atoms with van der Waals surface area (Å²) in [5, 5.41) is 0. The van der Waals surface area contributed by atoms with E-state index in [1.54, 1.807) is 0 Å². The Bertz CT molecular complexity index is 600. The zero-order chi connectivity index (χ0) is 14.7. The minimum atomic E-state index is -0.593. The van der Waals surface area contributed by atoms with Crippen LogP contribution in [0.4, 0.5) is 8.78 Å². The van der Waals surface area contributed by atoms with E-state index in [2.05, 4.69) is 37.3 Å². The van der Waals surface area contributed by atoms with Gasteiger partial charge in [0.05, 0.1) is 6.04 Å². The van der Waals surface area contributed by atoms with Gasteiger partial charge in [-0.1, -0.05) is 31.9 Å². The molecule has 3 N–H and O–H groups in total. The van der Waals surface area contributed by atoms with Crippen molar-refractivity contribution >= 4 is 31.9 Å². The maximum atomic E-state index is 13.2. The number of hydrogen-bond acceptors (Lipinski definition) is 2. The first-order valence-electron chi connectivity index (χ1n) is 5.85. The zero-order valence-corrected chi connectivity index (χ0v) is 13.5. The number of rotatable bonds is 4. The van der Waals surface area contributed by atoms with Crippen LogP contribution < -0.4 is 11.3 Å². The third-order valence-corrected chi connectivity index (χ3v) is 4.11. The average Bonchev–Trinajstić information content (AvgIpc) is 2.38. The lowest BCUT2D eigenvalue weighted by Crippen LogP contribution is -2.30. The number of halogens is 4. The van der Waals surface area contributed by atoms with Gasteiger partial charge in [0.1, 0.15) is 11.6 Å². The summed E-state index contributed by atoms with van der Waals surface area (Å²) in [6.07, 6.45) is 0.375. The molecule has 0 saturated heterocycles. The molecule has 0 amide bonds. The largest absolute Gasteiger partial charge is 0.271 e. The van der Waals surface area contributed by atoms with E-state index in [4.69, 9.17) is 5.84 Å². The summed E-state index contributed by atoms with van der Waals surface area (Å²) >= 11 is 6.84. The Morgan fingerprint density at radius 3 is 2.30 bits per heavy atom. The second kappa shape index (κ2) is 6.76. The zero-order valence-electron chi connectivity index (χ0n) is 10.3. The fourth-order valence-electron chi connectivity index (χ4n) is 2.00. The highest BCUT2D eigenvalue weighted by Crippen LogP contribution is 2.29. The van der Waals surface area contributed by atoms with Gasteiger partial charge >= 0.3 is 0 Å². The number of hydrazine groups is 1. The molecular formula is C14H12Br2F2N2. The second-order valence-corrected chi connectivity index (χ2v) is 6.14. The van der Waals surface area contributed by atoms with Crippen LogP contribution in [0.15, 0.2) is 45.3 Å². The summed E-state index contributed by atoms with van der Waals surface area (Å²) in [6, 6.07) is 8.88. The predicted octanol–water partition coefficient (Wildman–Crippen LogP) is 4.24. The molecule has 1 atom stereocenters. The molecular weight excluding hydrogens is 394 g/mol. The van der Waals surface area contributed by atoms with Crippen LogP contribution in [-0.4, -0.2) is 0 Å². The van der Waals surface area contributed by atoms with Gasteiger partial charge in [0.2, 0.25) is 0 Å². The van der Waals surface area contributed by atoms with E-state index >= 15 is 0 Å². The van der Waals surface area contributed by atoms with Crippen LogP contribution in [0, 0.1) is 11.6 Å². The average molecular weight is 406 g/mol. The molecule has 0 radical (unpaired) electrons. The van der Waals surface area contributed by atoms with E-state index in [-0.39, 0.29) is 6.04 Å². The molecule has 0 fully saturated rings. The van der Waals surface area contributed by atoms with Crippen molar-refractivity contribution in [2.24, 2.45) is 5.84 Å². The number of benzene rings is 2. The highest BCUT2D eigenvalue weighted by Gasteiger charge is 2.15. The molecule has 0 aliphatic carbocycles. The molecule has 2 aromatic rings. The molecule has 20 heavy (non-hydrogen) atoms. The summed E-state index contributed by atoms with van der Waals surface area (Å²) < 4.78 is 28.2. The van der Waals surface area contributed by atoms with E-state index in [1.807, 2.05) is 18.2 Å². The highest BCUT2D eigenvalue weighted by atomic mass is 79.9. The van der Waals surface area contributed by atoms with Gasteiger partial charge in [-0.3, -0.25) is 11.3 Å². The molecule has 0 spiro atoms. The molecule has 0 aliphatic heterocycles. The Labute approximate surface area is 132 Å². The van der Waals surface area contributed by atoms with Crippen LogP contribution >= 0.6 is 31.9 Å². The summed E-state index contributed by atoms with van der Waals surface area (Å²) in [6.45, 7) is 0. The van der Waals surface area contributed by atoms with Gasteiger partial charge in [0.15, 0.2) is 0 Å². The van der Waals surface area contributed by atoms with Crippen LogP contribution in [-0.2, 0) is 6.42 Å². The van der Waals surface area contributed by atoms with Crippen LogP contribution in [0.2, 0.25) is 0 Å². The van der Waals surface area contributed by atoms with Gasteiger partial charge < -0.3 is 0 Å². The molecule has 0 aliphatic rings. The third kappa shape index (κ3) is 3.85. The van der Waals surface area contributed by atoms with Crippen molar-refractivity contribution in [2.45, 2.75) is 12.5 Å². The fraction of sp³-hybridized carbons (Fsp3) is 0.143. The van der Waals surface area contributed by atoms with Gasteiger partial charge in [-0.2, -0.15) is 0 Å². The minimum Gasteiger partial charge on any atom is -0.271 e. The molecule has 0 heterocycles. The Balaban J connectivity index is 2.31. The molecule has 2 nitrogen and oxygen atoms in total. The Kier molecular flexibility index (Phi) is 5.26. The Hall–Kier alpha value is -0.820. The Morgan fingerprint density at radius 1 is 1.05 bits per heavy atom. The van der Waals surface area contributed by atoms with Gasteiger partial charge in [0, 0.05) is 15.0 Å². The molecule has 2 rings (SSSR count). The standard InChI is InChI=1S/C14H12Br2F2N2/c15-9-1-2-13(16)12(6-9)14(20-19)5-8-3-10(17)7-11(18)4-8/h1-4,6-7,14,20H,5,19H2.